The van der Waals surface area contributed by atoms with E-state index >= 15 is 0 Å². The predicted octanol–water partition coefficient (Wildman–Crippen LogP) is 2.93. The Hall–Kier alpha value is -2.10. The Bertz CT molecular complexity index is 537. The van der Waals surface area contributed by atoms with Gasteiger partial charge in [0.05, 0.1) is 0 Å². The summed E-state index contributed by atoms with van der Waals surface area (Å²) in [6.07, 6.45) is 3.28. The van der Waals surface area contributed by atoms with Crippen molar-refractivity contribution in [3.8, 4) is 0 Å². The number of nitrogens with two attached hydrogens (primary N) is 1. The second-order valence-electron chi connectivity index (χ2n) is 4.08. The maximum absolute atomic E-state index is 5.86. The van der Waals surface area contributed by atoms with Crippen LogP contribution in [0, 0.1) is 0 Å². The van der Waals surface area contributed by atoms with E-state index in [1.54, 1.807) is 0 Å². The zero-order valence-corrected chi connectivity index (χ0v) is 10.8. The van der Waals surface area contributed by atoms with Crippen LogP contribution < -0.4 is 11.1 Å². The average Bonchev–Trinajstić information content (AvgIpc) is 2.40. The van der Waals surface area contributed by atoms with Crippen molar-refractivity contribution < 1.29 is 0 Å². The first-order valence-corrected chi connectivity index (χ1v) is 6.20. The lowest BCUT2D eigenvalue weighted by molar-refractivity contribution is 1.05. The van der Waals surface area contributed by atoms with Crippen LogP contribution >= 0.6 is 0 Å². The van der Waals surface area contributed by atoms with Crippen molar-refractivity contribution in [2.24, 2.45) is 0 Å². The molecule has 18 heavy (non-hydrogen) atoms. The molecule has 0 aliphatic rings. The first-order chi connectivity index (χ1) is 8.76. The van der Waals surface area contributed by atoms with Gasteiger partial charge in [-0.05, 0) is 24.5 Å². The molecule has 4 heteroatoms. The average molecular weight is 242 g/mol. The standard InChI is InChI=1S/C14H18N4/c1-3-10-7-5-6-8-12(10)18-14-11(4-2)13(15)16-9-17-14/h5-9H,3-4H2,1-2H3,(H3,15,16,17,18). The van der Waals surface area contributed by atoms with Gasteiger partial charge in [-0.2, -0.15) is 0 Å². The minimum absolute atomic E-state index is 0.545. The summed E-state index contributed by atoms with van der Waals surface area (Å²) >= 11 is 0. The van der Waals surface area contributed by atoms with Gasteiger partial charge in [0.25, 0.3) is 0 Å². The van der Waals surface area contributed by atoms with E-state index in [0.29, 0.717) is 5.82 Å². The van der Waals surface area contributed by atoms with E-state index in [9.17, 15) is 0 Å². The monoisotopic (exact) mass is 242 g/mol. The molecule has 2 rings (SSSR count). The Morgan fingerprint density at radius 2 is 1.89 bits per heavy atom. The Morgan fingerprint density at radius 1 is 1.11 bits per heavy atom. The molecule has 0 bridgehead atoms. The zero-order chi connectivity index (χ0) is 13.0. The van der Waals surface area contributed by atoms with Crippen LogP contribution in [0.2, 0.25) is 0 Å². The molecule has 0 atom stereocenters. The molecular formula is C14H18N4. The molecule has 0 aliphatic heterocycles. The number of anilines is 3. The molecule has 0 saturated carbocycles. The van der Waals surface area contributed by atoms with Gasteiger partial charge in [-0.25, -0.2) is 9.97 Å². The number of benzene rings is 1. The van der Waals surface area contributed by atoms with E-state index in [0.717, 1.165) is 29.9 Å². The van der Waals surface area contributed by atoms with Crippen molar-refractivity contribution in [1.29, 1.82) is 0 Å². The van der Waals surface area contributed by atoms with Gasteiger partial charge in [-0.15, -0.1) is 0 Å². The number of rotatable bonds is 4. The van der Waals surface area contributed by atoms with Crippen molar-refractivity contribution >= 4 is 17.3 Å². The predicted molar refractivity (Wildman–Crippen MR) is 74.9 cm³/mol. The largest absolute Gasteiger partial charge is 0.383 e. The number of hydrogen-bond acceptors (Lipinski definition) is 4. The molecular weight excluding hydrogens is 224 g/mol. The van der Waals surface area contributed by atoms with Crippen LogP contribution in [0.5, 0.6) is 0 Å². The quantitative estimate of drug-likeness (QED) is 0.865. The fourth-order valence-corrected chi connectivity index (χ4v) is 1.96. The second-order valence-corrected chi connectivity index (χ2v) is 4.08. The molecule has 0 amide bonds. The van der Waals surface area contributed by atoms with Crippen molar-refractivity contribution in [3.63, 3.8) is 0 Å². The van der Waals surface area contributed by atoms with Crippen LogP contribution in [0.1, 0.15) is 25.0 Å². The third-order valence-electron chi connectivity index (χ3n) is 2.98. The lowest BCUT2D eigenvalue weighted by Crippen LogP contribution is -2.05. The molecule has 0 fully saturated rings. The number of nitrogen functional groups attached to an aromatic ring is 1. The normalized spacial score (nSPS) is 10.3. The lowest BCUT2D eigenvalue weighted by Gasteiger charge is -2.13. The summed E-state index contributed by atoms with van der Waals surface area (Å²) in [5, 5.41) is 3.35. The molecule has 0 unspecified atom stereocenters. The van der Waals surface area contributed by atoms with E-state index in [-0.39, 0.29) is 0 Å². The summed E-state index contributed by atoms with van der Waals surface area (Å²) in [4.78, 5) is 8.30. The SMILES string of the molecule is CCc1ccccc1Nc1ncnc(N)c1CC. The number of hydrogen-bond donors (Lipinski definition) is 2. The van der Waals surface area contributed by atoms with Crippen molar-refractivity contribution in [2.45, 2.75) is 26.7 Å². The van der Waals surface area contributed by atoms with Crippen molar-refractivity contribution in [3.05, 3.63) is 41.7 Å². The Morgan fingerprint density at radius 3 is 2.61 bits per heavy atom. The molecule has 3 N–H and O–H groups in total. The minimum Gasteiger partial charge on any atom is -0.383 e. The first-order valence-electron chi connectivity index (χ1n) is 6.20. The fraction of sp³-hybridized carbons (Fsp3) is 0.286. The molecule has 1 heterocycles. The van der Waals surface area contributed by atoms with E-state index in [1.165, 1.54) is 11.9 Å². The van der Waals surface area contributed by atoms with Gasteiger partial charge >= 0.3 is 0 Å². The van der Waals surface area contributed by atoms with E-state index in [2.05, 4.69) is 34.3 Å². The smallest absolute Gasteiger partial charge is 0.139 e. The zero-order valence-electron chi connectivity index (χ0n) is 10.8. The maximum atomic E-state index is 5.86. The lowest BCUT2D eigenvalue weighted by atomic mass is 10.1. The number of para-hydroxylation sites is 1. The second kappa shape index (κ2) is 5.49. The first kappa shape index (κ1) is 12.4. The van der Waals surface area contributed by atoms with Gasteiger partial charge < -0.3 is 11.1 Å². The molecule has 4 nitrogen and oxygen atoms in total. The molecule has 1 aromatic heterocycles. The molecule has 0 aliphatic carbocycles. The highest BCUT2D eigenvalue weighted by molar-refractivity contribution is 5.66. The van der Waals surface area contributed by atoms with Crippen molar-refractivity contribution in [2.75, 3.05) is 11.1 Å². The highest BCUT2D eigenvalue weighted by Gasteiger charge is 2.08. The molecule has 0 radical (unpaired) electrons. The fourth-order valence-electron chi connectivity index (χ4n) is 1.96. The van der Waals surface area contributed by atoms with Crippen molar-refractivity contribution in [1.82, 2.24) is 9.97 Å². The van der Waals surface area contributed by atoms with Gasteiger partial charge in [0, 0.05) is 11.3 Å². The van der Waals surface area contributed by atoms with Crippen LogP contribution in [-0.4, -0.2) is 9.97 Å². The summed E-state index contributed by atoms with van der Waals surface area (Å²) in [6, 6.07) is 8.21. The Labute approximate surface area is 107 Å². The molecule has 94 valence electrons. The summed E-state index contributed by atoms with van der Waals surface area (Å²) < 4.78 is 0. The third-order valence-corrected chi connectivity index (χ3v) is 2.98. The topological polar surface area (TPSA) is 63.8 Å². The van der Waals surface area contributed by atoms with Crippen LogP contribution in [0.25, 0.3) is 0 Å². The summed E-state index contributed by atoms with van der Waals surface area (Å²) in [5.41, 5.74) is 9.16. The highest BCUT2D eigenvalue weighted by Crippen LogP contribution is 2.24. The van der Waals surface area contributed by atoms with Gasteiger partial charge in [0.15, 0.2) is 0 Å². The highest BCUT2D eigenvalue weighted by atomic mass is 15.0. The Balaban J connectivity index is 2.37. The van der Waals surface area contributed by atoms with Crippen LogP contribution in [0.4, 0.5) is 17.3 Å². The van der Waals surface area contributed by atoms with Gasteiger partial charge in [0.1, 0.15) is 18.0 Å². The Kier molecular flexibility index (Phi) is 3.77. The van der Waals surface area contributed by atoms with E-state index in [1.807, 2.05) is 19.1 Å². The molecule has 0 saturated heterocycles. The van der Waals surface area contributed by atoms with E-state index < -0.39 is 0 Å². The number of nitrogens with zero attached hydrogens (tertiary/aromatic N) is 2. The summed E-state index contributed by atoms with van der Waals surface area (Å²) in [6.45, 7) is 4.18. The van der Waals surface area contributed by atoms with Gasteiger partial charge in [0.2, 0.25) is 0 Å². The van der Waals surface area contributed by atoms with Gasteiger partial charge in [-0.1, -0.05) is 32.0 Å². The molecule has 0 spiro atoms. The van der Waals surface area contributed by atoms with E-state index in [4.69, 9.17) is 5.73 Å². The number of aromatic nitrogens is 2. The molecule has 2 aromatic rings. The van der Waals surface area contributed by atoms with Crippen LogP contribution in [0.3, 0.4) is 0 Å². The van der Waals surface area contributed by atoms with Gasteiger partial charge in [-0.3, -0.25) is 0 Å². The van der Waals surface area contributed by atoms with Crippen LogP contribution in [-0.2, 0) is 12.8 Å². The third kappa shape index (κ3) is 2.42. The molecule has 1 aromatic carbocycles. The maximum Gasteiger partial charge on any atom is 0.139 e. The number of aryl methyl sites for hydroxylation is 1. The summed E-state index contributed by atoms with van der Waals surface area (Å²) in [5.74, 6) is 1.34. The van der Waals surface area contributed by atoms with Crippen LogP contribution in [0.15, 0.2) is 30.6 Å². The number of nitrogens with one attached hydrogen (secondary N) is 1. The summed E-state index contributed by atoms with van der Waals surface area (Å²) in [7, 11) is 0. The minimum atomic E-state index is 0.545.